The number of halogens is 3. The highest BCUT2D eigenvalue weighted by Crippen LogP contribution is 2.32. The highest BCUT2D eigenvalue weighted by atomic mass is 32.2. The van der Waals surface area contributed by atoms with Crippen molar-refractivity contribution < 1.29 is 22.4 Å². The lowest BCUT2D eigenvalue weighted by Gasteiger charge is -2.13. The fourth-order valence-electron chi connectivity index (χ4n) is 3.47. The van der Waals surface area contributed by atoms with E-state index in [1.165, 1.54) is 12.3 Å². The molecule has 0 aliphatic carbocycles. The van der Waals surface area contributed by atoms with Crippen LogP contribution in [0.15, 0.2) is 52.1 Å². The van der Waals surface area contributed by atoms with E-state index >= 15 is 0 Å². The van der Waals surface area contributed by atoms with E-state index in [9.17, 15) is 23.2 Å². The molecule has 3 heterocycles. The lowest BCUT2D eigenvalue weighted by Crippen LogP contribution is -2.19. The zero-order valence-corrected chi connectivity index (χ0v) is 18.9. The molecule has 0 bridgehead atoms. The van der Waals surface area contributed by atoms with Gasteiger partial charge in [-0.2, -0.15) is 18.4 Å². The van der Waals surface area contributed by atoms with Crippen LogP contribution in [0.1, 0.15) is 28.4 Å². The quantitative estimate of drug-likeness (QED) is 0.294. The van der Waals surface area contributed by atoms with Crippen LogP contribution in [0.3, 0.4) is 0 Å². The van der Waals surface area contributed by atoms with E-state index in [0.29, 0.717) is 34.6 Å². The third kappa shape index (κ3) is 4.63. The molecule has 0 saturated heterocycles. The number of anilines is 1. The summed E-state index contributed by atoms with van der Waals surface area (Å²) in [6, 6.07) is 11.9. The minimum absolute atomic E-state index is 0.0481. The molecule has 1 aromatic carbocycles. The molecule has 11 heteroatoms. The summed E-state index contributed by atoms with van der Waals surface area (Å²) in [6.07, 6.45) is -3.19. The van der Waals surface area contributed by atoms with Crippen molar-refractivity contribution >= 4 is 34.4 Å². The number of hydrogen-bond donors (Lipinski definition) is 1. The van der Waals surface area contributed by atoms with Gasteiger partial charge in [0.15, 0.2) is 0 Å². The van der Waals surface area contributed by atoms with Gasteiger partial charge in [-0.15, -0.1) is 0 Å². The average molecular weight is 485 g/mol. The van der Waals surface area contributed by atoms with E-state index in [4.69, 9.17) is 4.42 Å². The number of benzene rings is 1. The Bertz CT molecular complexity index is 1400. The summed E-state index contributed by atoms with van der Waals surface area (Å²) < 4.78 is 46.9. The summed E-state index contributed by atoms with van der Waals surface area (Å²) >= 11 is 0.869. The molecule has 3 aromatic heterocycles. The molecule has 0 aliphatic rings. The molecule has 1 N–H and O–H groups in total. The molecule has 0 saturated carbocycles. The maximum absolute atomic E-state index is 13.3. The van der Waals surface area contributed by atoms with Gasteiger partial charge in [-0.25, -0.2) is 9.97 Å². The molecular formula is C23H18F3N5O2S. The number of nitrogens with one attached hydrogen (secondary N) is 1. The number of amides is 1. The number of thioether (sulfide) groups is 1. The fraction of sp³-hybridized carbons (Fsp3) is 0.217. The second kappa shape index (κ2) is 9.23. The lowest BCUT2D eigenvalue weighted by atomic mass is 10.2. The SMILES string of the molecule is Cc1c(C#N)c(NC(=O)CSc2nc(C(F)(F)F)nc3ccccc23)n(Cc2ccco2)c1C. The van der Waals surface area contributed by atoms with Crippen molar-refractivity contribution in [2.24, 2.45) is 0 Å². The number of fused-ring (bicyclic) bond motifs is 1. The van der Waals surface area contributed by atoms with Crippen molar-refractivity contribution in [1.29, 1.82) is 5.26 Å². The van der Waals surface area contributed by atoms with Crippen LogP contribution in [0.4, 0.5) is 19.0 Å². The zero-order valence-electron chi connectivity index (χ0n) is 18.1. The molecule has 34 heavy (non-hydrogen) atoms. The van der Waals surface area contributed by atoms with Gasteiger partial charge in [0.05, 0.1) is 29.6 Å². The zero-order chi connectivity index (χ0) is 24.5. The van der Waals surface area contributed by atoms with Crippen LogP contribution in [0.2, 0.25) is 0 Å². The van der Waals surface area contributed by atoms with Gasteiger partial charge in [-0.05, 0) is 37.6 Å². The number of carbonyl (C=O) groups excluding carboxylic acids is 1. The second-order valence-electron chi connectivity index (χ2n) is 7.42. The number of furan rings is 1. The van der Waals surface area contributed by atoms with Crippen LogP contribution < -0.4 is 5.32 Å². The van der Waals surface area contributed by atoms with Crippen molar-refractivity contribution in [1.82, 2.24) is 14.5 Å². The first kappa shape index (κ1) is 23.4. The van der Waals surface area contributed by atoms with Gasteiger partial charge in [-0.3, -0.25) is 4.79 Å². The van der Waals surface area contributed by atoms with E-state index in [1.807, 2.05) is 6.92 Å². The normalized spacial score (nSPS) is 11.5. The molecule has 0 unspecified atom stereocenters. The van der Waals surface area contributed by atoms with Gasteiger partial charge in [0.1, 0.15) is 22.7 Å². The first-order chi connectivity index (χ1) is 16.2. The molecule has 0 radical (unpaired) electrons. The monoisotopic (exact) mass is 485 g/mol. The molecule has 0 spiro atoms. The maximum Gasteiger partial charge on any atom is 0.451 e. The minimum Gasteiger partial charge on any atom is -0.467 e. The Morgan fingerprint density at radius 3 is 2.65 bits per heavy atom. The van der Waals surface area contributed by atoms with Crippen molar-refractivity contribution in [2.45, 2.75) is 31.6 Å². The molecule has 1 amide bonds. The molecule has 4 aromatic rings. The van der Waals surface area contributed by atoms with Crippen molar-refractivity contribution in [3.8, 4) is 6.07 Å². The predicted molar refractivity (Wildman–Crippen MR) is 120 cm³/mol. The summed E-state index contributed by atoms with van der Waals surface area (Å²) in [4.78, 5) is 20.0. The molecule has 4 rings (SSSR count). The van der Waals surface area contributed by atoms with Gasteiger partial charge < -0.3 is 14.3 Å². The highest BCUT2D eigenvalue weighted by Gasteiger charge is 2.35. The van der Waals surface area contributed by atoms with E-state index in [0.717, 1.165) is 17.5 Å². The first-order valence-electron chi connectivity index (χ1n) is 10.1. The largest absolute Gasteiger partial charge is 0.467 e. The van der Waals surface area contributed by atoms with Gasteiger partial charge in [-0.1, -0.05) is 30.0 Å². The topological polar surface area (TPSA) is 96.7 Å². The molecule has 174 valence electrons. The van der Waals surface area contributed by atoms with Gasteiger partial charge in [0.2, 0.25) is 11.7 Å². The Kier molecular flexibility index (Phi) is 6.34. The average Bonchev–Trinajstić information content (AvgIpc) is 3.39. The molecule has 0 aliphatic heterocycles. The van der Waals surface area contributed by atoms with Gasteiger partial charge in [0.25, 0.3) is 0 Å². The minimum atomic E-state index is -4.72. The highest BCUT2D eigenvalue weighted by molar-refractivity contribution is 8.00. The lowest BCUT2D eigenvalue weighted by molar-refractivity contribution is -0.145. The predicted octanol–water partition coefficient (Wildman–Crippen LogP) is 5.31. The maximum atomic E-state index is 13.3. The molecule has 0 fully saturated rings. The number of nitriles is 1. The fourth-order valence-corrected chi connectivity index (χ4v) is 4.29. The van der Waals surface area contributed by atoms with Crippen molar-refractivity contribution in [3.05, 3.63) is 71.1 Å². The first-order valence-corrected chi connectivity index (χ1v) is 11.1. The Morgan fingerprint density at radius 1 is 1.21 bits per heavy atom. The van der Waals surface area contributed by atoms with E-state index in [-0.39, 0.29) is 16.3 Å². The van der Waals surface area contributed by atoms with Crippen LogP contribution in [0.5, 0.6) is 0 Å². The van der Waals surface area contributed by atoms with Gasteiger partial charge >= 0.3 is 6.18 Å². The van der Waals surface area contributed by atoms with Gasteiger partial charge in [0, 0.05) is 11.1 Å². The molecule has 7 nitrogen and oxygen atoms in total. The van der Waals surface area contributed by atoms with Crippen LogP contribution >= 0.6 is 11.8 Å². The van der Waals surface area contributed by atoms with Crippen molar-refractivity contribution in [3.63, 3.8) is 0 Å². The summed E-state index contributed by atoms with van der Waals surface area (Å²) in [6.45, 7) is 3.91. The van der Waals surface area contributed by atoms with Crippen LogP contribution in [-0.4, -0.2) is 26.2 Å². The third-order valence-electron chi connectivity index (χ3n) is 5.25. The van der Waals surface area contributed by atoms with Crippen LogP contribution in [-0.2, 0) is 17.5 Å². The Morgan fingerprint density at radius 2 is 1.97 bits per heavy atom. The van der Waals surface area contributed by atoms with E-state index in [2.05, 4.69) is 21.4 Å². The van der Waals surface area contributed by atoms with E-state index < -0.39 is 17.9 Å². The summed E-state index contributed by atoms with van der Waals surface area (Å²) in [7, 11) is 0. The van der Waals surface area contributed by atoms with Crippen LogP contribution in [0.25, 0.3) is 10.9 Å². The number of aromatic nitrogens is 3. The Labute approximate surface area is 196 Å². The van der Waals surface area contributed by atoms with Crippen molar-refractivity contribution in [2.75, 3.05) is 11.1 Å². The van der Waals surface area contributed by atoms with Crippen LogP contribution in [0, 0.1) is 25.2 Å². The summed E-state index contributed by atoms with van der Waals surface area (Å²) in [5.41, 5.74) is 1.95. The molecular weight excluding hydrogens is 467 g/mol. The second-order valence-corrected chi connectivity index (χ2v) is 8.38. The molecule has 0 atom stereocenters. The summed E-state index contributed by atoms with van der Waals surface area (Å²) in [5, 5.41) is 12.8. The standard InChI is InChI=1S/C23H18F3N5O2S/c1-13-14(2)31(11-15-6-5-9-33-15)20(17(13)10-27)29-19(32)12-34-21-16-7-3-4-8-18(16)28-22(30-21)23(24,25)26/h3-9H,11-12H2,1-2H3,(H,29,32). The summed E-state index contributed by atoms with van der Waals surface area (Å²) in [5.74, 6) is -1.02. The Hall–Kier alpha value is -3.78. The number of nitrogens with zero attached hydrogens (tertiary/aromatic N) is 4. The van der Waals surface area contributed by atoms with E-state index in [1.54, 1.807) is 41.8 Å². The number of carbonyl (C=O) groups is 1. The Balaban J connectivity index is 1.59. The number of alkyl halides is 3. The third-order valence-corrected chi connectivity index (χ3v) is 6.25. The smallest absolute Gasteiger partial charge is 0.451 e. The number of rotatable bonds is 6. The number of hydrogen-bond acceptors (Lipinski definition) is 6. The number of para-hydroxylation sites is 1.